The van der Waals surface area contributed by atoms with Crippen molar-refractivity contribution in [1.82, 2.24) is 0 Å². The predicted molar refractivity (Wildman–Crippen MR) is 136 cm³/mol. The van der Waals surface area contributed by atoms with Crippen LogP contribution in [0.2, 0.25) is 0 Å². The molecule has 0 aliphatic heterocycles. The van der Waals surface area contributed by atoms with Crippen molar-refractivity contribution in [3.63, 3.8) is 0 Å². The van der Waals surface area contributed by atoms with E-state index in [0.29, 0.717) is 0 Å². The van der Waals surface area contributed by atoms with Crippen LogP contribution in [-0.2, 0) is 12.4 Å². The summed E-state index contributed by atoms with van der Waals surface area (Å²) in [5.74, 6) is 0. The molecule has 0 aliphatic carbocycles. The molecule has 0 N–H and O–H groups in total. The van der Waals surface area contributed by atoms with E-state index < -0.39 is 23.5 Å². The van der Waals surface area contributed by atoms with Crippen molar-refractivity contribution in [2.45, 2.75) is 12.4 Å². The zero-order chi connectivity index (χ0) is 30.4. The van der Waals surface area contributed by atoms with Crippen molar-refractivity contribution in [2.24, 2.45) is 9.98 Å². The van der Waals surface area contributed by atoms with Gasteiger partial charge in [-0.3, -0.25) is 0 Å². The topological polar surface area (TPSA) is 120 Å². The summed E-state index contributed by atoms with van der Waals surface area (Å²) in [6.07, 6.45) is -5.94. The van der Waals surface area contributed by atoms with Crippen molar-refractivity contribution >= 4 is 21.5 Å². The number of rotatable bonds is 2. The SMILES string of the molecule is N#CN=c1c(-c2ccc(C(F)(F)F)cc2)c(C#N)c2cc3c(C#N)c(-c4ccc(C(F)(F)F)cc4)c(=NC#N)c3cc12. The summed E-state index contributed by atoms with van der Waals surface area (Å²) < 4.78 is 78.8. The lowest BCUT2D eigenvalue weighted by Gasteiger charge is -2.07. The first kappa shape index (κ1) is 27.6. The molecule has 0 saturated carbocycles. The number of hydrogen-bond donors (Lipinski definition) is 0. The van der Waals surface area contributed by atoms with E-state index in [0.717, 1.165) is 48.5 Å². The predicted octanol–water partition coefficient (Wildman–Crippen LogP) is 6.75. The number of halogens is 6. The fourth-order valence-corrected chi connectivity index (χ4v) is 4.96. The van der Waals surface area contributed by atoms with Crippen LogP contribution in [0.1, 0.15) is 22.3 Å². The first-order valence-corrected chi connectivity index (χ1v) is 11.7. The molecule has 0 amide bonds. The summed E-state index contributed by atoms with van der Waals surface area (Å²) in [4.78, 5) is 7.68. The zero-order valence-corrected chi connectivity index (χ0v) is 20.7. The van der Waals surface area contributed by atoms with Crippen LogP contribution >= 0.6 is 0 Å². The van der Waals surface area contributed by atoms with Crippen LogP contribution in [-0.4, -0.2) is 0 Å². The lowest BCUT2D eigenvalue weighted by atomic mass is 10.0. The molecule has 5 aromatic carbocycles. The van der Waals surface area contributed by atoms with Crippen LogP contribution in [0, 0.1) is 45.6 Å². The molecule has 0 unspecified atom stereocenters. The minimum atomic E-state index is -4.60. The molecular weight excluding hydrogens is 558 g/mol. The Morgan fingerprint density at radius 3 is 1.12 bits per heavy atom. The Balaban J connectivity index is 1.88. The summed E-state index contributed by atoms with van der Waals surface area (Å²) in [6, 6.07) is 14.8. The number of alkyl halides is 6. The quantitative estimate of drug-likeness (QED) is 0.173. The lowest BCUT2D eigenvalue weighted by molar-refractivity contribution is -0.138. The van der Waals surface area contributed by atoms with Gasteiger partial charge in [0.15, 0.2) is 0 Å². The van der Waals surface area contributed by atoms with Crippen LogP contribution in [0.4, 0.5) is 26.3 Å². The van der Waals surface area contributed by atoms with Gasteiger partial charge >= 0.3 is 12.4 Å². The minimum absolute atomic E-state index is 0.0237. The van der Waals surface area contributed by atoms with Crippen molar-refractivity contribution in [1.29, 1.82) is 21.0 Å². The molecule has 12 heteroatoms. The molecule has 42 heavy (non-hydrogen) atoms. The van der Waals surface area contributed by atoms with Gasteiger partial charge in [0.1, 0.15) is 12.1 Å². The van der Waals surface area contributed by atoms with E-state index >= 15 is 0 Å². The molecule has 6 nitrogen and oxygen atoms in total. The average Bonchev–Trinajstić information content (AvgIpc) is 3.42. The second kappa shape index (κ2) is 9.89. The molecule has 5 rings (SSSR count). The number of benzene rings is 3. The van der Waals surface area contributed by atoms with Gasteiger partial charge in [-0.05, 0) is 47.5 Å². The number of hydrogen-bond acceptors (Lipinski definition) is 6. The number of fused-ring (bicyclic) bond motifs is 2. The maximum absolute atomic E-state index is 13.1. The zero-order valence-electron chi connectivity index (χ0n) is 20.7. The monoisotopic (exact) mass is 568 g/mol. The Bertz CT molecular complexity index is 2030. The van der Waals surface area contributed by atoms with E-state index in [4.69, 9.17) is 0 Å². The summed E-state index contributed by atoms with van der Waals surface area (Å²) in [7, 11) is 0. The van der Waals surface area contributed by atoms with E-state index in [-0.39, 0.29) is 65.6 Å². The summed E-state index contributed by atoms with van der Waals surface area (Å²) >= 11 is 0. The molecule has 0 aromatic heterocycles. The molecule has 0 radical (unpaired) electrons. The smallest absolute Gasteiger partial charge is 0.192 e. The fourth-order valence-electron chi connectivity index (χ4n) is 4.96. The van der Waals surface area contributed by atoms with Gasteiger partial charge in [-0.15, -0.1) is 0 Å². The van der Waals surface area contributed by atoms with Gasteiger partial charge < -0.3 is 0 Å². The van der Waals surface area contributed by atoms with E-state index in [9.17, 15) is 47.4 Å². The first-order chi connectivity index (χ1) is 19.9. The Labute approximate surface area is 231 Å². The molecule has 5 aromatic rings. The third-order valence-corrected chi connectivity index (χ3v) is 6.73. The maximum Gasteiger partial charge on any atom is 0.416 e. The van der Waals surface area contributed by atoms with E-state index in [2.05, 4.69) is 9.98 Å². The molecule has 0 atom stereocenters. The molecule has 0 spiro atoms. The van der Waals surface area contributed by atoms with E-state index in [1.165, 1.54) is 12.1 Å². The van der Waals surface area contributed by atoms with Crippen molar-refractivity contribution < 1.29 is 26.3 Å². The standard InChI is InChI=1S/C30H10F6N6/c31-29(32,33)17-5-1-15(2-6-17)25-23(11-37)19-9-20-22(10-21(19)27(25)41-13-39)28(42-14-40)26(24(20)12-38)16-3-7-18(8-4-16)30(34,35)36/h1-10H. The second-order valence-corrected chi connectivity index (χ2v) is 8.94. The largest absolute Gasteiger partial charge is 0.416 e. The van der Waals surface area contributed by atoms with Crippen LogP contribution in [0.5, 0.6) is 0 Å². The van der Waals surface area contributed by atoms with Crippen LogP contribution in [0.25, 0.3) is 43.8 Å². The molecule has 0 fully saturated rings. The van der Waals surface area contributed by atoms with Gasteiger partial charge in [0.2, 0.25) is 12.4 Å². The average molecular weight is 568 g/mol. The van der Waals surface area contributed by atoms with Crippen molar-refractivity contribution in [3.05, 3.63) is 93.6 Å². The highest BCUT2D eigenvalue weighted by Crippen LogP contribution is 2.37. The Hall–Kier alpha value is -5.98. The molecule has 202 valence electrons. The molecular formula is C30H10F6N6. The fraction of sp³-hybridized carbons (Fsp3) is 0.0667. The normalized spacial score (nSPS) is 12.7. The van der Waals surface area contributed by atoms with Gasteiger partial charge in [0.25, 0.3) is 0 Å². The van der Waals surface area contributed by atoms with E-state index in [1.807, 2.05) is 12.1 Å². The Kier molecular flexibility index (Phi) is 6.49. The number of nitriles is 4. The third kappa shape index (κ3) is 4.38. The summed E-state index contributed by atoms with van der Waals surface area (Å²) in [5, 5.41) is 39.8. The highest BCUT2D eigenvalue weighted by molar-refractivity contribution is 6.10. The molecule has 0 saturated heterocycles. The van der Waals surface area contributed by atoms with Gasteiger partial charge in [-0.25, -0.2) is 0 Å². The Morgan fingerprint density at radius 1 is 0.500 bits per heavy atom. The highest BCUT2D eigenvalue weighted by Gasteiger charge is 2.31. The molecule has 0 heterocycles. The van der Waals surface area contributed by atoms with Gasteiger partial charge in [-0.2, -0.15) is 57.4 Å². The van der Waals surface area contributed by atoms with Crippen LogP contribution < -0.4 is 10.7 Å². The summed E-state index contributed by atoms with van der Waals surface area (Å²) in [6.45, 7) is 0. The van der Waals surface area contributed by atoms with Gasteiger partial charge in [-0.1, -0.05) is 24.3 Å². The van der Waals surface area contributed by atoms with Crippen LogP contribution in [0.3, 0.4) is 0 Å². The summed E-state index contributed by atoms with van der Waals surface area (Å²) in [5.41, 5.74) is -1.35. The van der Waals surface area contributed by atoms with Crippen molar-refractivity contribution in [3.8, 4) is 46.8 Å². The maximum atomic E-state index is 13.1. The second-order valence-electron chi connectivity index (χ2n) is 8.94. The van der Waals surface area contributed by atoms with Gasteiger partial charge in [0.05, 0.1) is 33.0 Å². The molecule has 0 bridgehead atoms. The number of nitrogens with zero attached hydrogens (tertiary/aromatic N) is 6. The third-order valence-electron chi connectivity index (χ3n) is 6.73. The van der Waals surface area contributed by atoms with Crippen molar-refractivity contribution in [2.75, 3.05) is 0 Å². The highest BCUT2D eigenvalue weighted by atomic mass is 19.4. The van der Waals surface area contributed by atoms with Gasteiger partial charge in [0, 0.05) is 32.7 Å². The molecule has 0 aliphatic rings. The minimum Gasteiger partial charge on any atom is -0.192 e. The first-order valence-electron chi connectivity index (χ1n) is 11.7. The van der Waals surface area contributed by atoms with Crippen LogP contribution in [0.15, 0.2) is 70.6 Å². The lowest BCUT2D eigenvalue weighted by Crippen LogP contribution is -2.06. The van der Waals surface area contributed by atoms with E-state index in [1.54, 1.807) is 12.4 Å². The Morgan fingerprint density at radius 2 is 0.833 bits per heavy atom.